The van der Waals surface area contributed by atoms with E-state index < -0.39 is 0 Å². The molecule has 0 saturated heterocycles. The fraction of sp³-hybridized carbons (Fsp3) is 0.263. The molecule has 3 aromatic heterocycles. The summed E-state index contributed by atoms with van der Waals surface area (Å²) < 4.78 is 3.52. The van der Waals surface area contributed by atoms with Crippen LogP contribution in [-0.2, 0) is 13.6 Å². The van der Waals surface area contributed by atoms with Gasteiger partial charge in [0, 0.05) is 20.1 Å². The lowest BCUT2D eigenvalue weighted by atomic mass is 10.2. The quantitative estimate of drug-likeness (QED) is 0.588. The first-order chi connectivity index (χ1) is 13.0. The van der Waals surface area contributed by atoms with Gasteiger partial charge in [-0.05, 0) is 31.5 Å². The average molecular weight is 381 g/mol. The molecular weight excluding hydrogens is 362 g/mol. The number of fused-ring (bicyclic) bond motifs is 2. The van der Waals surface area contributed by atoms with E-state index in [0.29, 0.717) is 33.7 Å². The number of hydrogen-bond donors (Lipinski definition) is 1. The first kappa shape index (κ1) is 17.4. The third kappa shape index (κ3) is 2.91. The molecule has 0 aliphatic rings. The number of thiophene rings is 1. The highest BCUT2D eigenvalue weighted by Crippen LogP contribution is 2.26. The Morgan fingerprint density at radius 1 is 1.26 bits per heavy atom. The van der Waals surface area contributed by atoms with Crippen LogP contribution in [0.5, 0.6) is 0 Å². The lowest BCUT2D eigenvalue weighted by Gasteiger charge is -2.08. The van der Waals surface area contributed by atoms with Gasteiger partial charge in [-0.15, -0.1) is 11.3 Å². The smallest absolute Gasteiger partial charge is 0.262 e. The Kier molecular flexibility index (Phi) is 4.27. The van der Waals surface area contributed by atoms with E-state index in [4.69, 9.17) is 0 Å². The molecule has 0 saturated carbocycles. The van der Waals surface area contributed by atoms with E-state index in [1.165, 1.54) is 22.2 Å². The van der Waals surface area contributed by atoms with Gasteiger partial charge in [0.25, 0.3) is 11.5 Å². The van der Waals surface area contributed by atoms with Gasteiger partial charge in [0.15, 0.2) is 0 Å². The van der Waals surface area contributed by atoms with Crippen molar-refractivity contribution in [3.8, 4) is 0 Å². The molecular formula is C19H19N5O2S. The Hall–Kier alpha value is -3.00. The van der Waals surface area contributed by atoms with Gasteiger partial charge in [-0.2, -0.15) is 0 Å². The molecule has 1 amide bonds. The van der Waals surface area contributed by atoms with Gasteiger partial charge in [-0.1, -0.05) is 12.1 Å². The van der Waals surface area contributed by atoms with Crippen LogP contribution in [-0.4, -0.2) is 31.6 Å². The minimum Gasteiger partial charge on any atom is -0.350 e. The second-order valence-corrected chi connectivity index (χ2v) is 7.45. The standard InChI is InChI=1S/C19H19N5O2S/c1-11-15-18(21-10-23(3)19(15)26)27-16(11)17(25)20-8-9-24-12(2)22-13-6-4-5-7-14(13)24/h4-7,10H,8-9H2,1-3H3,(H,20,25). The minimum atomic E-state index is -0.181. The molecule has 0 spiro atoms. The van der Waals surface area contributed by atoms with Gasteiger partial charge in [0.2, 0.25) is 0 Å². The topological polar surface area (TPSA) is 81.8 Å². The van der Waals surface area contributed by atoms with Crippen molar-refractivity contribution in [3.05, 3.63) is 57.2 Å². The summed E-state index contributed by atoms with van der Waals surface area (Å²) in [5, 5.41) is 3.47. The number of hydrogen-bond acceptors (Lipinski definition) is 5. The Bertz CT molecular complexity index is 1230. The van der Waals surface area contributed by atoms with Crippen LogP contribution in [0, 0.1) is 13.8 Å². The number of para-hydroxylation sites is 2. The van der Waals surface area contributed by atoms with Crippen LogP contribution in [0.15, 0.2) is 35.4 Å². The number of carbonyl (C=O) groups is 1. The molecule has 0 atom stereocenters. The molecule has 7 nitrogen and oxygen atoms in total. The maximum atomic E-state index is 12.6. The molecule has 4 rings (SSSR count). The van der Waals surface area contributed by atoms with E-state index in [0.717, 1.165) is 16.9 Å². The zero-order valence-electron chi connectivity index (χ0n) is 15.3. The van der Waals surface area contributed by atoms with E-state index in [9.17, 15) is 9.59 Å². The molecule has 0 unspecified atom stereocenters. The predicted molar refractivity (Wildman–Crippen MR) is 106 cm³/mol. The fourth-order valence-corrected chi connectivity index (χ4v) is 4.32. The fourth-order valence-electron chi connectivity index (χ4n) is 3.27. The number of benzene rings is 1. The van der Waals surface area contributed by atoms with Gasteiger partial charge >= 0.3 is 0 Å². The maximum Gasteiger partial charge on any atom is 0.262 e. The molecule has 0 aliphatic carbocycles. The lowest BCUT2D eigenvalue weighted by Crippen LogP contribution is -2.27. The Morgan fingerprint density at radius 3 is 2.85 bits per heavy atom. The minimum absolute atomic E-state index is 0.131. The molecule has 0 radical (unpaired) electrons. The van der Waals surface area contributed by atoms with Crippen molar-refractivity contribution in [1.29, 1.82) is 0 Å². The van der Waals surface area contributed by atoms with Crippen LogP contribution in [0.2, 0.25) is 0 Å². The van der Waals surface area contributed by atoms with Gasteiger partial charge < -0.3 is 14.5 Å². The number of aromatic nitrogens is 4. The molecule has 1 aromatic carbocycles. The molecule has 138 valence electrons. The largest absolute Gasteiger partial charge is 0.350 e. The number of rotatable bonds is 4. The Labute approximate surface area is 159 Å². The monoisotopic (exact) mass is 381 g/mol. The normalized spacial score (nSPS) is 11.4. The second kappa shape index (κ2) is 6.62. The van der Waals surface area contributed by atoms with Crippen LogP contribution in [0.25, 0.3) is 21.3 Å². The summed E-state index contributed by atoms with van der Waals surface area (Å²) in [5.41, 5.74) is 2.55. The summed E-state index contributed by atoms with van der Waals surface area (Å²) in [5.74, 6) is 0.732. The number of aryl methyl sites for hydroxylation is 3. The molecule has 3 heterocycles. The van der Waals surface area contributed by atoms with Gasteiger partial charge in [-0.25, -0.2) is 9.97 Å². The zero-order valence-corrected chi connectivity index (χ0v) is 16.1. The van der Waals surface area contributed by atoms with Crippen molar-refractivity contribution in [2.24, 2.45) is 7.05 Å². The highest BCUT2D eigenvalue weighted by atomic mass is 32.1. The Balaban J connectivity index is 1.54. The average Bonchev–Trinajstić information content (AvgIpc) is 3.15. The summed E-state index contributed by atoms with van der Waals surface area (Å²) in [7, 11) is 1.66. The van der Waals surface area contributed by atoms with Crippen molar-refractivity contribution in [3.63, 3.8) is 0 Å². The van der Waals surface area contributed by atoms with E-state index in [1.54, 1.807) is 14.0 Å². The van der Waals surface area contributed by atoms with Crippen LogP contribution < -0.4 is 10.9 Å². The van der Waals surface area contributed by atoms with Crippen molar-refractivity contribution in [2.75, 3.05) is 6.54 Å². The number of carbonyl (C=O) groups excluding carboxylic acids is 1. The highest BCUT2D eigenvalue weighted by Gasteiger charge is 2.18. The maximum absolute atomic E-state index is 12.6. The van der Waals surface area contributed by atoms with Crippen LogP contribution in [0.3, 0.4) is 0 Å². The molecule has 27 heavy (non-hydrogen) atoms. The summed E-state index contributed by atoms with van der Waals surface area (Å²) in [4.78, 5) is 34.9. The summed E-state index contributed by atoms with van der Waals surface area (Å²) >= 11 is 1.25. The van der Waals surface area contributed by atoms with Gasteiger partial charge in [-0.3, -0.25) is 9.59 Å². The highest BCUT2D eigenvalue weighted by molar-refractivity contribution is 7.20. The number of nitrogens with zero attached hydrogens (tertiary/aromatic N) is 4. The number of amides is 1. The van der Waals surface area contributed by atoms with Crippen LogP contribution in [0.1, 0.15) is 21.1 Å². The molecule has 4 aromatic rings. The van der Waals surface area contributed by atoms with E-state index >= 15 is 0 Å². The second-order valence-electron chi connectivity index (χ2n) is 6.45. The summed E-state index contributed by atoms with van der Waals surface area (Å²) in [6.45, 7) is 4.85. The Morgan fingerprint density at radius 2 is 2.04 bits per heavy atom. The number of imidazole rings is 1. The molecule has 8 heteroatoms. The SMILES string of the molecule is Cc1c(C(=O)NCCn2c(C)nc3ccccc32)sc2ncn(C)c(=O)c12. The number of nitrogens with one attached hydrogen (secondary N) is 1. The van der Waals surface area contributed by atoms with Crippen LogP contribution >= 0.6 is 11.3 Å². The predicted octanol–water partition coefficient (Wildman–Crippen LogP) is 2.39. The lowest BCUT2D eigenvalue weighted by molar-refractivity contribution is 0.0956. The van der Waals surface area contributed by atoms with E-state index in [1.807, 2.05) is 31.2 Å². The molecule has 0 bridgehead atoms. The van der Waals surface area contributed by atoms with E-state index in [2.05, 4.69) is 19.9 Å². The van der Waals surface area contributed by atoms with Crippen molar-refractivity contribution < 1.29 is 4.79 Å². The zero-order chi connectivity index (χ0) is 19.1. The first-order valence-corrected chi connectivity index (χ1v) is 9.44. The molecule has 0 aliphatic heterocycles. The summed E-state index contributed by atoms with van der Waals surface area (Å²) in [6, 6.07) is 7.94. The third-order valence-electron chi connectivity index (χ3n) is 4.68. The first-order valence-electron chi connectivity index (χ1n) is 8.62. The third-order valence-corrected chi connectivity index (χ3v) is 5.88. The van der Waals surface area contributed by atoms with Crippen molar-refractivity contribution in [2.45, 2.75) is 20.4 Å². The van der Waals surface area contributed by atoms with Crippen molar-refractivity contribution in [1.82, 2.24) is 24.4 Å². The molecule has 1 N–H and O–H groups in total. The van der Waals surface area contributed by atoms with E-state index in [-0.39, 0.29) is 11.5 Å². The van der Waals surface area contributed by atoms with Crippen molar-refractivity contribution >= 4 is 38.5 Å². The van der Waals surface area contributed by atoms with Crippen LogP contribution in [0.4, 0.5) is 0 Å². The summed E-state index contributed by atoms with van der Waals surface area (Å²) in [6.07, 6.45) is 1.48. The molecule has 0 fully saturated rings. The van der Waals surface area contributed by atoms with Gasteiger partial charge in [0.05, 0.1) is 27.6 Å². The van der Waals surface area contributed by atoms with Gasteiger partial charge in [0.1, 0.15) is 10.7 Å².